The van der Waals surface area contributed by atoms with Gasteiger partial charge in [0.05, 0.1) is 12.7 Å². The zero-order chi connectivity index (χ0) is 8.89. The molecular weight excluding hydrogens is 162 g/mol. The Morgan fingerprint density at radius 2 is 2.15 bits per heavy atom. The molecule has 3 rings (SSSR count). The Kier molecular flexibility index (Phi) is 1.72. The molecule has 0 aromatic rings. The lowest BCUT2D eigenvalue weighted by Gasteiger charge is -2.18. The van der Waals surface area contributed by atoms with Gasteiger partial charge >= 0.3 is 0 Å². The largest absolute Gasteiger partial charge is 0.377 e. The molecule has 74 valence electrons. The first-order chi connectivity index (χ1) is 6.27. The number of rotatable bonds is 3. The summed E-state index contributed by atoms with van der Waals surface area (Å²) < 4.78 is 5.79. The van der Waals surface area contributed by atoms with E-state index in [0.29, 0.717) is 6.10 Å². The topological polar surface area (TPSA) is 12.5 Å². The standard InChI is InChI=1S/C11H19NO/c1-12-8-11(4-5-11)6-9(12)7-13-10-2-3-10/h9-10H,2-8H2,1H3. The molecule has 3 aliphatic rings. The third-order valence-corrected chi connectivity index (χ3v) is 3.88. The molecule has 13 heavy (non-hydrogen) atoms. The Morgan fingerprint density at radius 3 is 2.69 bits per heavy atom. The SMILES string of the molecule is CN1CC2(CC2)CC1COC1CC1. The van der Waals surface area contributed by atoms with Crippen LogP contribution in [-0.2, 0) is 4.74 Å². The van der Waals surface area contributed by atoms with Gasteiger partial charge in [0, 0.05) is 12.6 Å². The van der Waals surface area contributed by atoms with Gasteiger partial charge in [-0.1, -0.05) is 0 Å². The van der Waals surface area contributed by atoms with E-state index in [1.165, 1.54) is 38.6 Å². The van der Waals surface area contributed by atoms with Crippen molar-refractivity contribution < 1.29 is 4.74 Å². The molecule has 2 saturated carbocycles. The molecule has 1 atom stereocenters. The number of hydrogen-bond donors (Lipinski definition) is 0. The van der Waals surface area contributed by atoms with Gasteiger partial charge in [-0.05, 0) is 44.6 Å². The zero-order valence-corrected chi connectivity index (χ0v) is 8.46. The van der Waals surface area contributed by atoms with Gasteiger partial charge in [-0.25, -0.2) is 0 Å². The van der Waals surface area contributed by atoms with Gasteiger partial charge in [-0.2, -0.15) is 0 Å². The van der Waals surface area contributed by atoms with E-state index in [4.69, 9.17) is 4.74 Å². The molecule has 1 saturated heterocycles. The third kappa shape index (κ3) is 1.62. The van der Waals surface area contributed by atoms with Crippen molar-refractivity contribution in [2.45, 2.75) is 44.2 Å². The van der Waals surface area contributed by atoms with E-state index in [-0.39, 0.29) is 0 Å². The van der Waals surface area contributed by atoms with Crippen LogP contribution in [0.5, 0.6) is 0 Å². The van der Waals surface area contributed by atoms with Gasteiger partial charge in [-0.15, -0.1) is 0 Å². The van der Waals surface area contributed by atoms with Crippen molar-refractivity contribution in [1.29, 1.82) is 0 Å². The van der Waals surface area contributed by atoms with E-state index in [0.717, 1.165) is 18.1 Å². The molecule has 1 aliphatic heterocycles. The molecule has 0 N–H and O–H groups in total. The minimum atomic E-state index is 0.629. The Balaban J connectivity index is 1.51. The normalized spacial score (nSPS) is 37.2. The molecule has 0 radical (unpaired) electrons. The molecule has 3 fully saturated rings. The van der Waals surface area contributed by atoms with Crippen LogP contribution in [0.4, 0.5) is 0 Å². The molecule has 2 nitrogen and oxygen atoms in total. The number of ether oxygens (including phenoxy) is 1. The van der Waals surface area contributed by atoms with Crippen molar-refractivity contribution in [3.63, 3.8) is 0 Å². The maximum Gasteiger partial charge on any atom is 0.0625 e. The van der Waals surface area contributed by atoms with Crippen LogP contribution in [0.25, 0.3) is 0 Å². The summed E-state index contributed by atoms with van der Waals surface area (Å²) in [6, 6.07) is 0.725. The summed E-state index contributed by atoms with van der Waals surface area (Å²) in [4.78, 5) is 2.51. The Labute approximate surface area is 80.2 Å². The summed E-state index contributed by atoms with van der Waals surface area (Å²) in [5, 5.41) is 0. The van der Waals surface area contributed by atoms with Crippen molar-refractivity contribution in [3.05, 3.63) is 0 Å². The molecule has 0 aromatic carbocycles. The van der Waals surface area contributed by atoms with Crippen LogP contribution in [0.1, 0.15) is 32.1 Å². The lowest BCUT2D eigenvalue weighted by molar-refractivity contribution is 0.0741. The van der Waals surface area contributed by atoms with Crippen LogP contribution in [-0.4, -0.2) is 37.2 Å². The van der Waals surface area contributed by atoms with Gasteiger partial charge < -0.3 is 9.64 Å². The summed E-state index contributed by atoms with van der Waals surface area (Å²) >= 11 is 0. The Hall–Kier alpha value is -0.0800. The highest BCUT2D eigenvalue weighted by Crippen LogP contribution is 2.54. The summed E-state index contributed by atoms with van der Waals surface area (Å²) in [6.45, 7) is 2.31. The predicted molar refractivity (Wildman–Crippen MR) is 51.7 cm³/mol. The quantitative estimate of drug-likeness (QED) is 0.656. The fraction of sp³-hybridized carbons (Fsp3) is 1.00. The van der Waals surface area contributed by atoms with E-state index < -0.39 is 0 Å². The summed E-state index contributed by atoms with van der Waals surface area (Å²) in [7, 11) is 2.26. The van der Waals surface area contributed by atoms with Crippen molar-refractivity contribution in [2.75, 3.05) is 20.2 Å². The van der Waals surface area contributed by atoms with Crippen LogP contribution in [0.15, 0.2) is 0 Å². The van der Waals surface area contributed by atoms with Crippen LogP contribution >= 0.6 is 0 Å². The van der Waals surface area contributed by atoms with Gasteiger partial charge in [-0.3, -0.25) is 0 Å². The highest BCUT2D eigenvalue weighted by Gasteiger charge is 2.50. The molecule has 1 unspecified atom stereocenters. The van der Waals surface area contributed by atoms with E-state index in [2.05, 4.69) is 11.9 Å². The fourth-order valence-electron chi connectivity index (χ4n) is 2.59. The fourth-order valence-corrected chi connectivity index (χ4v) is 2.59. The molecular formula is C11H19NO. The summed E-state index contributed by atoms with van der Waals surface area (Å²) in [5.74, 6) is 0. The smallest absolute Gasteiger partial charge is 0.0625 e. The highest BCUT2D eigenvalue weighted by molar-refractivity contribution is 5.03. The van der Waals surface area contributed by atoms with Crippen molar-refractivity contribution in [3.8, 4) is 0 Å². The molecule has 2 heteroatoms. The second kappa shape index (κ2) is 2.71. The first-order valence-corrected chi connectivity index (χ1v) is 5.59. The molecule has 0 aromatic heterocycles. The molecule has 2 aliphatic carbocycles. The second-order valence-electron chi connectivity index (χ2n) is 5.31. The first-order valence-electron chi connectivity index (χ1n) is 5.59. The predicted octanol–water partition coefficient (Wildman–Crippen LogP) is 1.65. The summed E-state index contributed by atoms with van der Waals surface area (Å²) in [6.07, 6.45) is 7.58. The lowest BCUT2D eigenvalue weighted by atomic mass is 10.0. The minimum Gasteiger partial charge on any atom is -0.377 e. The number of hydrogen-bond acceptors (Lipinski definition) is 2. The monoisotopic (exact) mass is 181 g/mol. The number of likely N-dealkylation sites (tertiary alicyclic amines) is 1. The summed E-state index contributed by atoms with van der Waals surface area (Å²) in [5.41, 5.74) is 0.742. The lowest BCUT2D eigenvalue weighted by Crippen LogP contribution is -2.29. The van der Waals surface area contributed by atoms with Gasteiger partial charge in [0.25, 0.3) is 0 Å². The van der Waals surface area contributed by atoms with Crippen molar-refractivity contribution in [1.82, 2.24) is 4.90 Å². The van der Waals surface area contributed by atoms with Gasteiger partial charge in [0.15, 0.2) is 0 Å². The molecule has 0 amide bonds. The van der Waals surface area contributed by atoms with E-state index in [9.17, 15) is 0 Å². The van der Waals surface area contributed by atoms with E-state index in [1.54, 1.807) is 0 Å². The second-order valence-corrected chi connectivity index (χ2v) is 5.31. The van der Waals surface area contributed by atoms with Crippen LogP contribution in [0.3, 0.4) is 0 Å². The van der Waals surface area contributed by atoms with E-state index >= 15 is 0 Å². The van der Waals surface area contributed by atoms with Crippen LogP contribution in [0, 0.1) is 5.41 Å². The maximum atomic E-state index is 5.79. The van der Waals surface area contributed by atoms with Crippen molar-refractivity contribution >= 4 is 0 Å². The molecule has 0 bridgehead atoms. The Morgan fingerprint density at radius 1 is 1.38 bits per heavy atom. The van der Waals surface area contributed by atoms with Crippen LogP contribution in [0.2, 0.25) is 0 Å². The number of nitrogens with zero attached hydrogens (tertiary/aromatic N) is 1. The minimum absolute atomic E-state index is 0.629. The van der Waals surface area contributed by atoms with E-state index in [1.807, 2.05) is 0 Å². The highest BCUT2D eigenvalue weighted by atomic mass is 16.5. The van der Waals surface area contributed by atoms with Crippen LogP contribution < -0.4 is 0 Å². The average molecular weight is 181 g/mol. The zero-order valence-electron chi connectivity index (χ0n) is 8.46. The maximum absolute atomic E-state index is 5.79. The van der Waals surface area contributed by atoms with Gasteiger partial charge in [0.1, 0.15) is 0 Å². The number of likely N-dealkylation sites (N-methyl/N-ethyl adjacent to an activating group) is 1. The molecule has 1 heterocycles. The molecule has 1 spiro atoms. The third-order valence-electron chi connectivity index (χ3n) is 3.88. The van der Waals surface area contributed by atoms with Crippen molar-refractivity contribution in [2.24, 2.45) is 5.41 Å². The Bertz CT molecular complexity index is 208. The first kappa shape index (κ1) is 8.25. The average Bonchev–Trinajstić information content (AvgIpc) is 2.94. The van der Waals surface area contributed by atoms with Gasteiger partial charge in [0.2, 0.25) is 0 Å².